The summed E-state index contributed by atoms with van der Waals surface area (Å²) in [6, 6.07) is 10.4. The van der Waals surface area contributed by atoms with E-state index >= 15 is 0 Å². The van der Waals surface area contributed by atoms with E-state index in [0.717, 1.165) is 36.1 Å². The number of aromatic nitrogens is 2. The molecular weight excluding hydrogens is 280 g/mol. The van der Waals surface area contributed by atoms with Crippen LogP contribution in [0.5, 0.6) is 0 Å². The summed E-state index contributed by atoms with van der Waals surface area (Å²) in [5.41, 5.74) is 1.05. The van der Waals surface area contributed by atoms with Crippen molar-refractivity contribution in [1.29, 1.82) is 0 Å². The zero-order valence-corrected chi connectivity index (χ0v) is 13.0. The van der Waals surface area contributed by atoms with Gasteiger partial charge in [-0.2, -0.15) is 0 Å². The van der Waals surface area contributed by atoms with Crippen molar-refractivity contribution in [3.05, 3.63) is 41.5 Å². The van der Waals surface area contributed by atoms with Gasteiger partial charge in [0.05, 0.1) is 0 Å². The molecule has 2 heterocycles. The number of nitrogens with one attached hydrogen (secondary N) is 2. The molecule has 0 aliphatic carbocycles. The van der Waals surface area contributed by atoms with E-state index in [1.165, 1.54) is 10.1 Å². The van der Waals surface area contributed by atoms with E-state index in [1.807, 2.05) is 6.07 Å². The van der Waals surface area contributed by atoms with Crippen LogP contribution in [0.4, 0.5) is 17.3 Å². The van der Waals surface area contributed by atoms with Crippen molar-refractivity contribution < 1.29 is 0 Å². The first kappa shape index (κ1) is 13.8. The van der Waals surface area contributed by atoms with Crippen LogP contribution in [-0.2, 0) is 6.42 Å². The van der Waals surface area contributed by atoms with Gasteiger partial charge < -0.3 is 10.6 Å². The van der Waals surface area contributed by atoms with Crippen LogP contribution in [0.3, 0.4) is 0 Å². The maximum Gasteiger partial charge on any atom is 0.136 e. The van der Waals surface area contributed by atoms with E-state index in [4.69, 9.17) is 0 Å². The Kier molecular flexibility index (Phi) is 4.01. The first-order valence-electron chi connectivity index (χ1n) is 7.14. The Morgan fingerprint density at radius 1 is 1.05 bits per heavy atom. The van der Waals surface area contributed by atoms with Gasteiger partial charge in [-0.1, -0.05) is 6.92 Å². The summed E-state index contributed by atoms with van der Waals surface area (Å²) < 4.78 is 1.30. The molecule has 0 spiro atoms. The Bertz CT molecular complexity index is 751. The SMILES string of the molecule is CCNc1cc(Nc2ccc3sccc3c2)nc(CC)n1. The number of hydrogen-bond donors (Lipinski definition) is 2. The predicted octanol–water partition coefficient (Wildman–Crippen LogP) is 4.43. The third-order valence-electron chi connectivity index (χ3n) is 3.17. The van der Waals surface area contributed by atoms with Crippen molar-refractivity contribution in [2.75, 3.05) is 17.2 Å². The van der Waals surface area contributed by atoms with Crippen LogP contribution in [0, 0.1) is 0 Å². The fourth-order valence-electron chi connectivity index (χ4n) is 2.18. The highest BCUT2D eigenvalue weighted by Gasteiger charge is 2.04. The number of nitrogens with zero attached hydrogens (tertiary/aromatic N) is 2. The van der Waals surface area contributed by atoms with E-state index in [-0.39, 0.29) is 0 Å². The molecule has 0 amide bonds. The van der Waals surface area contributed by atoms with Crippen molar-refractivity contribution in [2.45, 2.75) is 20.3 Å². The van der Waals surface area contributed by atoms with Crippen LogP contribution in [0.2, 0.25) is 0 Å². The lowest BCUT2D eigenvalue weighted by Gasteiger charge is -2.10. The number of thiophene rings is 1. The summed E-state index contributed by atoms with van der Waals surface area (Å²) in [4.78, 5) is 9.00. The number of hydrogen-bond acceptors (Lipinski definition) is 5. The average Bonchev–Trinajstić information content (AvgIpc) is 2.95. The smallest absolute Gasteiger partial charge is 0.136 e. The normalized spacial score (nSPS) is 10.8. The van der Waals surface area contributed by atoms with Crippen molar-refractivity contribution in [2.24, 2.45) is 0 Å². The standard InChI is InChI=1S/C16H18N4S/c1-3-14-19-15(17-4-2)10-16(20-14)18-12-5-6-13-11(9-12)7-8-21-13/h5-10H,3-4H2,1-2H3,(H2,17,18,19,20). The summed E-state index contributed by atoms with van der Waals surface area (Å²) in [5, 5.41) is 9.98. The van der Waals surface area contributed by atoms with E-state index in [0.29, 0.717) is 0 Å². The van der Waals surface area contributed by atoms with Gasteiger partial charge in [-0.05, 0) is 42.0 Å². The molecule has 0 atom stereocenters. The Balaban J connectivity index is 1.90. The Labute approximate surface area is 128 Å². The van der Waals surface area contributed by atoms with E-state index in [9.17, 15) is 0 Å². The number of rotatable bonds is 5. The van der Waals surface area contributed by atoms with Gasteiger partial charge in [0.2, 0.25) is 0 Å². The van der Waals surface area contributed by atoms with Crippen molar-refractivity contribution >= 4 is 38.7 Å². The lowest BCUT2D eigenvalue weighted by molar-refractivity contribution is 0.939. The highest BCUT2D eigenvalue weighted by atomic mass is 32.1. The monoisotopic (exact) mass is 298 g/mol. The molecule has 21 heavy (non-hydrogen) atoms. The molecule has 0 aliphatic rings. The summed E-state index contributed by atoms with van der Waals surface area (Å²) in [6.45, 7) is 4.97. The fraction of sp³-hybridized carbons (Fsp3) is 0.250. The van der Waals surface area contributed by atoms with Crippen LogP contribution >= 0.6 is 11.3 Å². The molecule has 3 aromatic rings. The topological polar surface area (TPSA) is 49.8 Å². The van der Waals surface area contributed by atoms with Crippen LogP contribution in [-0.4, -0.2) is 16.5 Å². The van der Waals surface area contributed by atoms with Crippen molar-refractivity contribution in [3.8, 4) is 0 Å². The second kappa shape index (κ2) is 6.10. The second-order valence-electron chi connectivity index (χ2n) is 4.74. The van der Waals surface area contributed by atoms with Crippen molar-refractivity contribution in [3.63, 3.8) is 0 Å². The molecule has 0 unspecified atom stereocenters. The van der Waals surface area contributed by atoms with Gasteiger partial charge in [0.25, 0.3) is 0 Å². The highest BCUT2D eigenvalue weighted by Crippen LogP contribution is 2.26. The van der Waals surface area contributed by atoms with Gasteiger partial charge in [-0.15, -0.1) is 11.3 Å². The highest BCUT2D eigenvalue weighted by molar-refractivity contribution is 7.17. The summed E-state index contributed by atoms with van der Waals surface area (Å²) >= 11 is 1.75. The number of aryl methyl sites for hydroxylation is 1. The molecule has 2 aromatic heterocycles. The summed E-state index contributed by atoms with van der Waals surface area (Å²) in [6.07, 6.45) is 0.817. The zero-order chi connectivity index (χ0) is 14.7. The molecule has 0 saturated heterocycles. The number of fused-ring (bicyclic) bond motifs is 1. The minimum atomic E-state index is 0.817. The van der Waals surface area contributed by atoms with Gasteiger partial charge in [0.15, 0.2) is 0 Å². The predicted molar refractivity (Wildman–Crippen MR) is 90.7 cm³/mol. The number of anilines is 3. The largest absolute Gasteiger partial charge is 0.370 e. The van der Waals surface area contributed by atoms with E-state index in [2.05, 4.69) is 64.1 Å². The van der Waals surface area contributed by atoms with Gasteiger partial charge in [-0.3, -0.25) is 0 Å². The quantitative estimate of drug-likeness (QED) is 0.731. The molecule has 0 fully saturated rings. The fourth-order valence-corrected chi connectivity index (χ4v) is 2.95. The molecule has 0 bridgehead atoms. The minimum absolute atomic E-state index is 0.817. The minimum Gasteiger partial charge on any atom is -0.370 e. The molecule has 5 heteroatoms. The van der Waals surface area contributed by atoms with Crippen molar-refractivity contribution in [1.82, 2.24) is 9.97 Å². The van der Waals surface area contributed by atoms with Gasteiger partial charge >= 0.3 is 0 Å². The second-order valence-corrected chi connectivity index (χ2v) is 5.68. The Hall–Kier alpha value is -2.14. The van der Waals surface area contributed by atoms with Crippen LogP contribution in [0.15, 0.2) is 35.7 Å². The zero-order valence-electron chi connectivity index (χ0n) is 12.2. The lowest BCUT2D eigenvalue weighted by Crippen LogP contribution is -2.05. The molecule has 2 N–H and O–H groups in total. The molecule has 0 saturated carbocycles. The molecule has 4 nitrogen and oxygen atoms in total. The molecular formula is C16H18N4S. The molecule has 0 radical (unpaired) electrons. The summed E-state index contributed by atoms with van der Waals surface area (Å²) in [7, 11) is 0. The lowest BCUT2D eigenvalue weighted by atomic mass is 10.2. The average molecular weight is 298 g/mol. The molecule has 0 aliphatic heterocycles. The van der Waals surface area contributed by atoms with E-state index in [1.54, 1.807) is 11.3 Å². The van der Waals surface area contributed by atoms with Crippen LogP contribution < -0.4 is 10.6 Å². The third-order valence-corrected chi connectivity index (χ3v) is 4.07. The first-order chi connectivity index (χ1) is 10.3. The first-order valence-corrected chi connectivity index (χ1v) is 8.02. The Morgan fingerprint density at radius 2 is 1.90 bits per heavy atom. The third kappa shape index (κ3) is 3.13. The number of benzene rings is 1. The maximum atomic E-state index is 4.54. The van der Waals surface area contributed by atoms with E-state index < -0.39 is 0 Å². The van der Waals surface area contributed by atoms with Gasteiger partial charge in [0.1, 0.15) is 17.5 Å². The maximum absolute atomic E-state index is 4.54. The summed E-state index contributed by atoms with van der Waals surface area (Å²) in [5.74, 6) is 2.53. The van der Waals surface area contributed by atoms with Gasteiger partial charge in [0, 0.05) is 29.4 Å². The molecule has 108 valence electrons. The van der Waals surface area contributed by atoms with Crippen LogP contribution in [0.1, 0.15) is 19.7 Å². The molecule has 3 rings (SSSR count). The van der Waals surface area contributed by atoms with Gasteiger partial charge in [-0.25, -0.2) is 9.97 Å². The van der Waals surface area contributed by atoms with Crippen LogP contribution in [0.25, 0.3) is 10.1 Å². The molecule has 1 aromatic carbocycles. The Morgan fingerprint density at radius 3 is 2.71 bits per heavy atom.